The molecular weight excluding hydrogens is 853 g/mol. The van der Waals surface area contributed by atoms with Gasteiger partial charge in [0.25, 0.3) is 0 Å². The molecule has 6 nitrogen and oxygen atoms in total. The molecule has 6 heteroatoms. The highest BCUT2D eigenvalue weighted by Crippen LogP contribution is 2.15. The average Bonchev–Trinajstić information content (AvgIpc) is 3.35. The van der Waals surface area contributed by atoms with Crippen molar-refractivity contribution in [2.24, 2.45) is 0 Å². The second kappa shape index (κ2) is 56.9. The summed E-state index contributed by atoms with van der Waals surface area (Å²) in [6, 6.07) is 0. The van der Waals surface area contributed by atoms with Crippen molar-refractivity contribution in [2.45, 2.75) is 271 Å². The van der Waals surface area contributed by atoms with E-state index in [9.17, 15) is 14.4 Å². The molecule has 0 aromatic carbocycles. The maximum atomic E-state index is 12.9. The van der Waals surface area contributed by atoms with E-state index in [1.165, 1.54) is 141 Å². The van der Waals surface area contributed by atoms with Gasteiger partial charge in [-0.15, -0.1) is 0 Å². The van der Waals surface area contributed by atoms with Gasteiger partial charge in [0.15, 0.2) is 6.10 Å². The van der Waals surface area contributed by atoms with Crippen LogP contribution in [0.3, 0.4) is 0 Å². The van der Waals surface area contributed by atoms with E-state index in [0.29, 0.717) is 19.3 Å². The third-order valence-electron chi connectivity index (χ3n) is 12.1. The molecule has 1 unspecified atom stereocenters. The number of carbonyl (C=O) groups excluding carboxylic acids is 3. The fourth-order valence-electron chi connectivity index (χ4n) is 7.75. The summed E-state index contributed by atoms with van der Waals surface area (Å²) in [7, 11) is 0. The summed E-state index contributed by atoms with van der Waals surface area (Å²) in [5, 5.41) is 0. The van der Waals surface area contributed by atoms with Crippen LogP contribution in [0, 0.1) is 0 Å². The topological polar surface area (TPSA) is 78.9 Å². The second-order valence-electron chi connectivity index (χ2n) is 18.8. The van der Waals surface area contributed by atoms with Gasteiger partial charge in [0.05, 0.1) is 0 Å². The Morgan fingerprint density at radius 1 is 0.304 bits per heavy atom. The Morgan fingerprint density at radius 3 is 0.971 bits per heavy atom. The highest BCUT2D eigenvalue weighted by Gasteiger charge is 2.19. The number of unbranched alkanes of at least 4 members (excludes halogenated alkanes) is 24. The Morgan fingerprint density at radius 2 is 0.594 bits per heavy atom. The molecular formula is C63H106O6. The first-order valence-electron chi connectivity index (χ1n) is 28.7. The molecule has 0 saturated carbocycles. The normalized spacial score (nSPS) is 12.8. The zero-order chi connectivity index (χ0) is 50.0. The van der Waals surface area contributed by atoms with Gasteiger partial charge in [-0.25, -0.2) is 0 Å². The Kier molecular flexibility index (Phi) is 53.9. The first-order valence-corrected chi connectivity index (χ1v) is 28.7. The van der Waals surface area contributed by atoms with Crippen molar-refractivity contribution >= 4 is 17.9 Å². The van der Waals surface area contributed by atoms with Gasteiger partial charge in [-0.3, -0.25) is 14.4 Å². The molecule has 394 valence electrons. The van der Waals surface area contributed by atoms with Crippen LogP contribution in [0.1, 0.15) is 265 Å². The lowest BCUT2D eigenvalue weighted by atomic mass is 10.1. The van der Waals surface area contributed by atoms with Gasteiger partial charge < -0.3 is 14.2 Å². The molecule has 0 aliphatic heterocycles. The van der Waals surface area contributed by atoms with E-state index in [4.69, 9.17) is 14.2 Å². The standard InChI is InChI=1S/C63H106O6/c1-4-7-10-13-16-19-22-25-27-29-31-33-35-38-41-44-47-50-53-56-62(65)68-59-60(58-67-61(64)55-52-49-46-43-40-37-24-21-18-15-12-9-6-3)69-63(66)57-54-51-48-45-42-39-36-34-32-30-28-26-23-20-17-14-11-8-5-2/h9,12,16-21,25-28,37,40,46,49,60H,4-8,10-11,13-15,22-24,29-36,38-39,41-45,47-48,50-59H2,1-3H3/b12-9-,19-16-,20-17-,21-18-,27-25-,28-26-,40-37-,49-46-. The quantitative estimate of drug-likeness (QED) is 0.0262. The van der Waals surface area contributed by atoms with Crippen LogP contribution in [0.5, 0.6) is 0 Å². The largest absolute Gasteiger partial charge is 0.462 e. The fourth-order valence-corrected chi connectivity index (χ4v) is 7.75. The van der Waals surface area contributed by atoms with E-state index in [1.54, 1.807) is 0 Å². The van der Waals surface area contributed by atoms with Gasteiger partial charge in [0.1, 0.15) is 13.2 Å². The van der Waals surface area contributed by atoms with Gasteiger partial charge in [0, 0.05) is 19.3 Å². The number of allylic oxidation sites excluding steroid dienone is 16. The number of carbonyl (C=O) groups is 3. The van der Waals surface area contributed by atoms with Gasteiger partial charge in [-0.1, -0.05) is 234 Å². The van der Waals surface area contributed by atoms with Crippen molar-refractivity contribution in [3.63, 3.8) is 0 Å². The molecule has 0 amide bonds. The van der Waals surface area contributed by atoms with E-state index >= 15 is 0 Å². The van der Waals surface area contributed by atoms with Crippen LogP contribution in [0.2, 0.25) is 0 Å². The third kappa shape index (κ3) is 55.1. The smallest absolute Gasteiger partial charge is 0.306 e. The minimum absolute atomic E-state index is 0.104. The van der Waals surface area contributed by atoms with Crippen molar-refractivity contribution in [1.29, 1.82) is 0 Å². The first-order chi connectivity index (χ1) is 34.0. The summed E-state index contributed by atoms with van der Waals surface area (Å²) in [4.78, 5) is 38.1. The maximum Gasteiger partial charge on any atom is 0.306 e. The van der Waals surface area contributed by atoms with E-state index < -0.39 is 6.10 Å². The summed E-state index contributed by atoms with van der Waals surface area (Å²) < 4.78 is 16.8. The van der Waals surface area contributed by atoms with Crippen LogP contribution in [0.15, 0.2) is 97.2 Å². The summed E-state index contributed by atoms with van der Waals surface area (Å²) in [5.41, 5.74) is 0. The second-order valence-corrected chi connectivity index (χ2v) is 18.8. The van der Waals surface area contributed by atoms with Crippen molar-refractivity contribution in [2.75, 3.05) is 13.2 Å². The molecule has 0 aliphatic rings. The van der Waals surface area contributed by atoms with Crippen molar-refractivity contribution in [3.05, 3.63) is 97.2 Å². The van der Waals surface area contributed by atoms with E-state index in [2.05, 4.69) is 112 Å². The van der Waals surface area contributed by atoms with E-state index in [-0.39, 0.29) is 37.5 Å². The average molecular weight is 960 g/mol. The van der Waals surface area contributed by atoms with E-state index in [1.807, 2.05) is 6.08 Å². The summed E-state index contributed by atoms with van der Waals surface area (Å²) in [6.07, 6.45) is 75.5. The predicted molar refractivity (Wildman–Crippen MR) is 297 cm³/mol. The van der Waals surface area contributed by atoms with Crippen LogP contribution in [0.25, 0.3) is 0 Å². The SMILES string of the molecule is CC/C=C\C/C=C\C/C=C\C/C=C\CCC(=O)OCC(COC(=O)CCCCCCCCCCC/C=C\C/C=C\CCCCC)OC(=O)CCCCCCCCCCC/C=C\C/C=C\CCCCC. The molecule has 0 aromatic heterocycles. The molecule has 0 spiro atoms. The number of ether oxygens (including phenoxy) is 3. The monoisotopic (exact) mass is 959 g/mol. The van der Waals surface area contributed by atoms with Gasteiger partial charge in [0.2, 0.25) is 0 Å². The number of rotatable bonds is 51. The lowest BCUT2D eigenvalue weighted by molar-refractivity contribution is -0.166. The Labute approximate surface area is 426 Å². The van der Waals surface area contributed by atoms with Crippen molar-refractivity contribution in [1.82, 2.24) is 0 Å². The van der Waals surface area contributed by atoms with Crippen LogP contribution in [-0.4, -0.2) is 37.2 Å². The molecule has 0 rings (SSSR count). The molecule has 0 aromatic rings. The molecule has 0 bridgehead atoms. The molecule has 0 saturated heterocycles. The van der Waals surface area contributed by atoms with Gasteiger partial charge >= 0.3 is 17.9 Å². The lowest BCUT2D eigenvalue weighted by Gasteiger charge is -2.18. The summed E-state index contributed by atoms with van der Waals surface area (Å²) >= 11 is 0. The summed E-state index contributed by atoms with van der Waals surface area (Å²) in [6.45, 7) is 6.41. The van der Waals surface area contributed by atoms with Gasteiger partial charge in [-0.2, -0.15) is 0 Å². The fraction of sp³-hybridized carbons (Fsp3) is 0.698. The molecule has 69 heavy (non-hydrogen) atoms. The Balaban J connectivity index is 4.43. The zero-order valence-electron chi connectivity index (χ0n) is 45.0. The molecule has 0 N–H and O–H groups in total. The van der Waals surface area contributed by atoms with Gasteiger partial charge in [-0.05, 0) is 109 Å². The molecule has 0 heterocycles. The molecule has 0 aliphatic carbocycles. The highest BCUT2D eigenvalue weighted by molar-refractivity contribution is 5.71. The molecule has 0 radical (unpaired) electrons. The van der Waals surface area contributed by atoms with E-state index in [0.717, 1.165) is 77.0 Å². The predicted octanol–water partition coefficient (Wildman–Crippen LogP) is 19.3. The van der Waals surface area contributed by atoms with Crippen molar-refractivity contribution in [3.8, 4) is 0 Å². The number of esters is 3. The minimum atomic E-state index is -0.811. The van der Waals surface area contributed by atoms with Crippen LogP contribution in [0.4, 0.5) is 0 Å². The Bertz CT molecular complexity index is 1380. The molecule has 0 fully saturated rings. The summed E-state index contributed by atoms with van der Waals surface area (Å²) in [5.74, 6) is -0.994. The Hall–Kier alpha value is -3.67. The first kappa shape index (κ1) is 65.3. The van der Waals surface area contributed by atoms with Crippen molar-refractivity contribution < 1.29 is 28.6 Å². The zero-order valence-corrected chi connectivity index (χ0v) is 45.0. The van der Waals surface area contributed by atoms with Crippen LogP contribution < -0.4 is 0 Å². The molecule has 1 atom stereocenters. The highest BCUT2D eigenvalue weighted by atomic mass is 16.6. The van der Waals surface area contributed by atoms with Crippen LogP contribution >= 0.6 is 0 Å². The minimum Gasteiger partial charge on any atom is -0.462 e. The third-order valence-corrected chi connectivity index (χ3v) is 12.1. The van der Waals surface area contributed by atoms with Crippen LogP contribution in [-0.2, 0) is 28.6 Å². The lowest BCUT2D eigenvalue weighted by Crippen LogP contribution is -2.30. The number of hydrogen-bond donors (Lipinski definition) is 0. The maximum absolute atomic E-state index is 12.9. The number of hydrogen-bond acceptors (Lipinski definition) is 6.